The smallest absolute Gasteiger partial charge is 0.306 e. The van der Waals surface area contributed by atoms with Gasteiger partial charge in [-0.25, -0.2) is 0 Å². The van der Waals surface area contributed by atoms with E-state index in [0.717, 1.165) is 12.8 Å². The lowest BCUT2D eigenvalue weighted by Gasteiger charge is -2.69. The highest BCUT2D eigenvalue weighted by Gasteiger charge is 2.79. The summed E-state index contributed by atoms with van der Waals surface area (Å²) in [5.74, 6) is -5.57. The van der Waals surface area contributed by atoms with Crippen LogP contribution in [0.25, 0.3) is 0 Å². The van der Waals surface area contributed by atoms with Gasteiger partial charge in [0.15, 0.2) is 17.8 Å². The Morgan fingerprint density at radius 1 is 0.800 bits per heavy atom. The Labute approximate surface area is 292 Å². The van der Waals surface area contributed by atoms with Gasteiger partial charge in [-0.15, -0.1) is 0 Å². The predicted molar refractivity (Wildman–Crippen MR) is 173 cm³/mol. The first-order chi connectivity index (χ1) is 23.2. The lowest BCUT2D eigenvalue weighted by Crippen LogP contribution is -2.82. The summed E-state index contributed by atoms with van der Waals surface area (Å²) in [6, 6.07) is 0. The molecule has 1 heterocycles. The summed E-state index contributed by atoms with van der Waals surface area (Å²) in [7, 11) is 0. The molecule has 50 heavy (non-hydrogen) atoms. The Balaban J connectivity index is 2.20. The minimum atomic E-state index is -2.13. The van der Waals surface area contributed by atoms with E-state index < -0.39 is 100 Å². The third-order valence-corrected chi connectivity index (χ3v) is 11.3. The second kappa shape index (κ2) is 14.2. The number of ether oxygens (including phenoxy) is 7. The van der Waals surface area contributed by atoms with Crippen molar-refractivity contribution in [2.24, 2.45) is 16.7 Å². The van der Waals surface area contributed by atoms with Crippen LogP contribution in [0, 0.1) is 16.7 Å². The minimum absolute atomic E-state index is 0.00328. The number of unbranched alkanes of at least 4 members (excludes halogenated alkanes) is 2. The molecule has 280 valence electrons. The van der Waals surface area contributed by atoms with Crippen LogP contribution in [-0.2, 0) is 61.9 Å². The Bertz CT molecular complexity index is 1430. The van der Waals surface area contributed by atoms with Gasteiger partial charge in [0.2, 0.25) is 0 Å². The molecule has 3 fully saturated rings. The highest BCUT2D eigenvalue weighted by atomic mass is 16.6. The van der Waals surface area contributed by atoms with Crippen molar-refractivity contribution in [3.05, 3.63) is 11.1 Å². The Kier molecular flexibility index (Phi) is 11.2. The van der Waals surface area contributed by atoms with Crippen LogP contribution in [0.1, 0.15) is 108 Å². The van der Waals surface area contributed by atoms with Gasteiger partial charge in [-0.05, 0) is 24.5 Å². The van der Waals surface area contributed by atoms with E-state index in [9.17, 15) is 33.9 Å². The number of esters is 6. The van der Waals surface area contributed by atoms with Crippen LogP contribution in [0.2, 0.25) is 0 Å². The van der Waals surface area contributed by atoms with Crippen LogP contribution in [-0.4, -0.2) is 95.4 Å². The summed E-state index contributed by atoms with van der Waals surface area (Å²) < 4.78 is 42.5. The Hall–Kier alpha value is -3.52. The number of fused-ring (bicyclic) bond motifs is 5. The molecule has 2 bridgehead atoms. The van der Waals surface area contributed by atoms with Gasteiger partial charge in [-0.3, -0.25) is 28.8 Å². The largest absolute Gasteiger partial charge is 0.462 e. The molecule has 0 aromatic heterocycles. The maximum atomic E-state index is 13.9. The van der Waals surface area contributed by atoms with Crippen molar-refractivity contribution in [2.45, 2.75) is 156 Å². The van der Waals surface area contributed by atoms with Crippen molar-refractivity contribution in [3.63, 3.8) is 0 Å². The summed E-state index contributed by atoms with van der Waals surface area (Å²) in [6.45, 7) is 14.4. The van der Waals surface area contributed by atoms with E-state index in [2.05, 4.69) is 0 Å². The van der Waals surface area contributed by atoms with E-state index in [1.54, 1.807) is 27.7 Å². The normalized spacial score (nSPS) is 36.9. The SMILES string of the molecule is CCCCCC(=O)O[C@H]1[C@@H]2[C@]3(OC(C)=O)CO[C@@H]3C[C@H](OC(C)=O)[C@@]2(C)[C@H](OC(C)=O)[C@H](OC(C)=O)C2=C(C)[C@@H](OC(C)=O)C[C@]1(O)C2(C)C. The first-order valence-corrected chi connectivity index (χ1v) is 17.3. The average molecular weight is 709 g/mol. The fraction of sp³-hybridized carbons (Fsp3) is 0.778. The molecule has 1 saturated heterocycles. The van der Waals surface area contributed by atoms with Crippen LogP contribution >= 0.6 is 0 Å². The van der Waals surface area contributed by atoms with E-state index >= 15 is 0 Å². The minimum Gasteiger partial charge on any atom is -0.462 e. The Morgan fingerprint density at radius 3 is 1.90 bits per heavy atom. The van der Waals surface area contributed by atoms with Crippen molar-refractivity contribution in [2.75, 3.05) is 6.61 Å². The van der Waals surface area contributed by atoms with Crippen molar-refractivity contribution in [1.29, 1.82) is 0 Å². The van der Waals surface area contributed by atoms with Gasteiger partial charge in [0.05, 0.1) is 17.9 Å². The number of hydrogen-bond acceptors (Lipinski definition) is 14. The standard InChI is InChI=1S/C36H52O14/c1-11-12-13-14-27(42)49-32-30-34(10,25(46-20(4)38)15-26-35(30,17-44-26)50-23(7)41)31(48-22(6)40)29(47-21(5)39)28-18(2)24(45-19(3)37)16-36(32,43)33(28,8)9/h24-26,29-32,43H,11-17H2,1-10H3/t24-,25-,26+,29+,30-,31+,32-,34+,35-,36+/m0/s1. The maximum Gasteiger partial charge on any atom is 0.306 e. The molecule has 2 saturated carbocycles. The van der Waals surface area contributed by atoms with Gasteiger partial charge in [-0.1, -0.05) is 40.5 Å². The summed E-state index contributed by atoms with van der Waals surface area (Å²) in [5.41, 5.74) is -6.19. The molecule has 1 N–H and O–H groups in total. The van der Waals surface area contributed by atoms with Crippen molar-refractivity contribution in [1.82, 2.24) is 0 Å². The second-order valence-electron chi connectivity index (χ2n) is 14.9. The van der Waals surface area contributed by atoms with Crippen LogP contribution in [0.5, 0.6) is 0 Å². The molecule has 4 aliphatic rings. The number of hydrogen-bond donors (Lipinski definition) is 1. The Morgan fingerprint density at radius 2 is 1.40 bits per heavy atom. The zero-order chi connectivity index (χ0) is 37.6. The fourth-order valence-corrected chi connectivity index (χ4v) is 9.12. The number of rotatable bonds is 10. The summed E-state index contributed by atoms with van der Waals surface area (Å²) in [5, 5.41) is 13.4. The molecular weight excluding hydrogens is 656 g/mol. The fourth-order valence-electron chi connectivity index (χ4n) is 9.12. The highest BCUT2D eigenvalue weighted by molar-refractivity contribution is 5.71. The second-order valence-corrected chi connectivity index (χ2v) is 14.9. The third-order valence-electron chi connectivity index (χ3n) is 11.3. The van der Waals surface area contributed by atoms with Gasteiger partial charge in [-0.2, -0.15) is 0 Å². The molecule has 1 aliphatic heterocycles. The van der Waals surface area contributed by atoms with E-state index in [-0.39, 0.29) is 31.4 Å². The number of carbonyl (C=O) groups is 6. The molecular formula is C36H52O14. The molecule has 0 radical (unpaired) electrons. The zero-order valence-corrected chi connectivity index (χ0v) is 30.7. The molecule has 0 aromatic carbocycles. The van der Waals surface area contributed by atoms with Gasteiger partial charge in [0.25, 0.3) is 0 Å². The molecule has 10 atom stereocenters. The zero-order valence-electron chi connectivity index (χ0n) is 30.7. The van der Waals surface area contributed by atoms with Crippen LogP contribution in [0.3, 0.4) is 0 Å². The quantitative estimate of drug-likeness (QED) is 0.150. The summed E-state index contributed by atoms with van der Waals surface area (Å²) in [4.78, 5) is 78.1. The molecule has 14 heteroatoms. The molecule has 0 aromatic rings. The van der Waals surface area contributed by atoms with E-state index in [4.69, 9.17) is 33.2 Å². The molecule has 14 nitrogen and oxygen atoms in total. The van der Waals surface area contributed by atoms with E-state index in [0.29, 0.717) is 12.0 Å². The predicted octanol–water partition coefficient (Wildman–Crippen LogP) is 3.42. The van der Waals surface area contributed by atoms with Gasteiger partial charge in [0, 0.05) is 59.3 Å². The van der Waals surface area contributed by atoms with Crippen LogP contribution in [0.4, 0.5) is 0 Å². The van der Waals surface area contributed by atoms with E-state index in [1.165, 1.54) is 34.6 Å². The first-order valence-electron chi connectivity index (χ1n) is 17.3. The van der Waals surface area contributed by atoms with Gasteiger partial charge in [0.1, 0.15) is 30.0 Å². The van der Waals surface area contributed by atoms with Crippen molar-refractivity contribution < 1.29 is 67.0 Å². The lowest BCUT2D eigenvalue weighted by atomic mass is 9.44. The molecule has 0 unspecified atom stereocenters. The van der Waals surface area contributed by atoms with Crippen molar-refractivity contribution in [3.8, 4) is 0 Å². The van der Waals surface area contributed by atoms with Crippen LogP contribution < -0.4 is 0 Å². The van der Waals surface area contributed by atoms with Gasteiger partial charge >= 0.3 is 35.8 Å². The highest BCUT2D eigenvalue weighted by Crippen LogP contribution is 2.66. The number of aliphatic hydroxyl groups is 1. The first kappa shape index (κ1) is 39.3. The van der Waals surface area contributed by atoms with Gasteiger partial charge < -0.3 is 38.3 Å². The van der Waals surface area contributed by atoms with Crippen molar-refractivity contribution >= 4 is 35.8 Å². The third kappa shape index (κ3) is 6.65. The van der Waals surface area contributed by atoms with Crippen LogP contribution in [0.15, 0.2) is 11.1 Å². The molecule has 3 aliphatic carbocycles. The molecule has 4 rings (SSSR count). The average Bonchev–Trinajstić information content (AvgIpc) is 2.96. The maximum absolute atomic E-state index is 13.9. The number of carbonyl (C=O) groups excluding carboxylic acids is 6. The lowest BCUT2D eigenvalue weighted by molar-refractivity contribution is -0.366. The summed E-state index contributed by atoms with van der Waals surface area (Å²) >= 11 is 0. The topological polar surface area (TPSA) is 187 Å². The monoisotopic (exact) mass is 708 g/mol. The molecule has 0 amide bonds. The summed E-state index contributed by atoms with van der Waals surface area (Å²) in [6.07, 6.45) is -5.96. The molecule has 0 spiro atoms. The van der Waals surface area contributed by atoms with E-state index in [1.807, 2.05) is 6.92 Å².